The minimum absolute atomic E-state index is 0.300. The van der Waals surface area contributed by atoms with Gasteiger partial charge in [-0.1, -0.05) is 0 Å². The second-order valence-corrected chi connectivity index (χ2v) is 6.00. The summed E-state index contributed by atoms with van der Waals surface area (Å²) in [6.45, 7) is 6.36. The molecule has 1 atom stereocenters. The molecule has 1 saturated heterocycles. The van der Waals surface area contributed by atoms with Crippen molar-refractivity contribution in [2.75, 3.05) is 33.4 Å². The Morgan fingerprint density at radius 2 is 2.10 bits per heavy atom. The normalized spacial score (nSPS) is 22.6. The van der Waals surface area contributed by atoms with Crippen molar-refractivity contribution in [3.8, 4) is 0 Å². The van der Waals surface area contributed by atoms with E-state index in [4.69, 9.17) is 14.6 Å². The van der Waals surface area contributed by atoms with Gasteiger partial charge in [-0.3, -0.25) is 4.79 Å². The summed E-state index contributed by atoms with van der Waals surface area (Å²) in [6, 6.07) is -0.414. The lowest BCUT2D eigenvalue weighted by Gasteiger charge is -2.35. The Labute approximate surface area is 119 Å². The van der Waals surface area contributed by atoms with Crippen LogP contribution in [0.25, 0.3) is 0 Å². The van der Waals surface area contributed by atoms with Crippen molar-refractivity contribution in [3.63, 3.8) is 0 Å². The lowest BCUT2D eigenvalue weighted by atomic mass is 10.0. The number of aliphatic carboxylic acids is 1. The van der Waals surface area contributed by atoms with E-state index >= 15 is 0 Å². The summed E-state index contributed by atoms with van der Waals surface area (Å²) in [5.41, 5.74) is -1.09. The average Bonchev–Trinajstić information content (AvgIpc) is 2.81. The minimum atomic E-state index is -1.04. The summed E-state index contributed by atoms with van der Waals surface area (Å²) in [5.74, 6) is -1.04. The van der Waals surface area contributed by atoms with Crippen molar-refractivity contribution in [2.45, 2.75) is 38.3 Å². The van der Waals surface area contributed by atoms with Crippen molar-refractivity contribution in [2.24, 2.45) is 0 Å². The quantitative estimate of drug-likeness (QED) is 0.777. The van der Waals surface area contributed by atoms with E-state index in [2.05, 4.69) is 5.32 Å². The number of amides is 2. The van der Waals surface area contributed by atoms with Crippen molar-refractivity contribution in [1.82, 2.24) is 10.2 Å². The number of hydrogen-bond acceptors (Lipinski definition) is 4. The van der Waals surface area contributed by atoms with Crippen LogP contribution in [0.2, 0.25) is 0 Å². The molecule has 20 heavy (non-hydrogen) atoms. The van der Waals surface area contributed by atoms with E-state index in [-0.39, 0.29) is 6.54 Å². The molecule has 0 spiro atoms. The maximum Gasteiger partial charge on any atom is 0.323 e. The first-order valence-electron chi connectivity index (χ1n) is 6.60. The molecule has 0 saturated carbocycles. The van der Waals surface area contributed by atoms with Gasteiger partial charge in [0.2, 0.25) is 0 Å². The number of urea groups is 1. The maximum atomic E-state index is 12.2. The zero-order valence-corrected chi connectivity index (χ0v) is 12.6. The van der Waals surface area contributed by atoms with Crippen molar-refractivity contribution < 1.29 is 24.2 Å². The molecule has 1 unspecified atom stereocenters. The number of nitrogens with one attached hydrogen (secondary N) is 1. The molecule has 1 heterocycles. The van der Waals surface area contributed by atoms with E-state index in [1.165, 1.54) is 4.90 Å². The maximum absolute atomic E-state index is 12.2. The Morgan fingerprint density at radius 1 is 1.45 bits per heavy atom. The Morgan fingerprint density at radius 3 is 2.50 bits per heavy atom. The molecule has 2 N–H and O–H groups in total. The lowest BCUT2D eigenvalue weighted by Crippen LogP contribution is -2.55. The molecular formula is C13H24N2O5. The molecule has 1 aliphatic rings. The molecule has 1 aliphatic heterocycles. The highest BCUT2D eigenvalue weighted by atomic mass is 16.5. The van der Waals surface area contributed by atoms with E-state index in [1.54, 1.807) is 27.9 Å². The van der Waals surface area contributed by atoms with E-state index in [0.29, 0.717) is 26.2 Å². The van der Waals surface area contributed by atoms with E-state index in [0.717, 1.165) is 0 Å². The largest absolute Gasteiger partial charge is 0.480 e. The van der Waals surface area contributed by atoms with Crippen LogP contribution in [0.3, 0.4) is 0 Å². The fourth-order valence-corrected chi connectivity index (χ4v) is 2.04. The summed E-state index contributed by atoms with van der Waals surface area (Å²) in [6.07, 6.45) is 0.707. The van der Waals surface area contributed by atoms with E-state index in [1.807, 2.05) is 0 Å². The summed E-state index contributed by atoms with van der Waals surface area (Å²) in [4.78, 5) is 24.4. The summed E-state index contributed by atoms with van der Waals surface area (Å²) >= 11 is 0. The fraction of sp³-hybridized carbons (Fsp3) is 0.846. The number of carboxylic acid groups (broad SMARTS) is 1. The van der Waals surface area contributed by atoms with Crippen LogP contribution < -0.4 is 5.32 Å². The molecule has 2 amide bonds. The molecule has 0 aromatic heterocycles. The van der Waals surface area contributed by atoms with Gasteiger partial charge in [-0.15, -0.1) is 0 Å². The molecule has 1 fully saturated rings. The van der Waals surface area contributed by atoms with Gasteiger partial charge in [0, 0.05) is 25.7 Å². The van der Waals surface area contributed by atoms with Crippen LogP contribution in [0, 0.1) is 0 Å². The number of rotatable bonds is 5. The van der Waals surface area contributed by atoms with Crippen LogP contribution in [0.15, 0.2) is 0 Å². The van der Waals surface area contributed by atoms with Gasteiger partial charge >= 0.3 is 12.0 Å². The Balaban J connectivity index is 2.64. The molecular weight excluding hydrogens is 264 g/mol. The number of carbonyl (C=O) groups is 2. The highest BCUT2D eigenvalue weighted by Crippen LogP contribution is 2.22. The fourth-order valence-electron chi connectivity index (χ4n) is 2.04. The highest BCUT2D eigenvalue weighted by Gasteiger charge is 2.36. The number of carboxylic acids is 1. The van der Waals surface area contributed by atoms with Crippen LogP contribution in [0.5, 0.6) is 0 Å². The standard InChI is InChI=1S/C13H24N2O5/c1-12(2,3)15(7-10(16)17)11(18)14-8-13(19-4)5-6-20-9-13/h5-9H2,1-4H3,(H,14,18)(H,16,17). The molecule has 0 bridgehead atoms. The number of nitrogens with zero attached hydrogens (tertiary/aromatic N) is 1. The predicted molar refractivity (Wildman–Crippen MR) is 72.7 cm³/mol. The van der Waals surface area contributed by atoms with Crippen LogP contribution in [-0.4, -0.2) is 66.6 Å². The molecule has 0 aromatic carbocycles. The first-order chi connectivity index (χ1) is 9.20. The van der Waals surface area contributed by atoms with Gasteiger partial charge in [0.15, 0.2) is 0 Å². The SMILES string of the molecule is COC1(CNC(=O)N(CC(=O)O)C(C)(C)C)CCOC1. The number of hydrogen-bond donors (Lipinski definition) is 2. The molecule has 1 rings (SSSR count). The van der Waals surface area contributed by atoms with Gasteiger partial charge in [-0.25, -0.2) is 4.79 Å². The summed E-state index contributed by atoms with van der Waals surface area (Å²) < 4.78 is 10.7. The first kappa shape index (κ1) is 16.7. The Hall–Kier alpha value is -1.34. The predicted octanol–water partition coefficient (Wildman–Crippen LogP) is 0.687. The van der Waals surface area contributed by atoms with Gasteiger partial charge in [-0.05, 0) is 20.8 Å². The van der Waals surface area contributed by atoms with Crippen LogP contribution in [-0.2, 0) is 14.3 Å². The lowest BCUT2D eigenvalue weighted by molar-refractivity contribution is -0.138. The molecule has 0 aliphatic carbocycles. The van der Waals surface area contributed by atoms with Crippen LogP contribution in [0.1, 0.15) is 27.2 Å². The number of ether oxygens (including phenoxy) is 2. The average molecular weight is 288 g/mol. The number of methoxy groups -OCH3 is 1. The van der Waals surface area contributed by atoms with Gasteiger partial charge < -0.3 is 24.8 Å². The molecule has 7 nitrogen and oxygen atoms in total. The Kier molecular flexibility index (Phi) is 5.35. The zero-order valence-electron chi connectivity index (χ0n) is 12.6. The van der Waals surface area contributed by atoms with Gasteiger partial charge in [0.1, 0.15) is 12.1 Å². The monoisotopic (exact) mass is 288 g/mol. The molecule has 0 aromatic rings. The minimum Gasteiger partial charge on any atom is -0.480 e. The second kappa shape index (κ2) is 6.41. The third-order valence-electron chi connectivity index (χ3n) is 3.41. The first-order valence-corrected chi connectivity index (χ1v) is 6.60. The number of carbonyl (C=O) groups excluding carboxylic acids is 1. The van der Waals surface area contributed by atoms with Crippen molar-refractivity contribution >= 4 is 12.0 Å². The van der Waals surface area contributed by atoms with E-state index in [9.17, 15) is 9.59 Å². The van der Waals surface area contributed by atoms with Gasteiger partial charge in [-0.2, -0.15) is 0 Å². The van der Waals surface area contributed by atoms with Crippen LogP contribution in [0.4, 0.5) is 4.79 Å². The summed E-state index contributed by atoms with van der Waals surface area (Å²) in [5, 5.41) is 11.7. The highest BCUT2D eigenvalue weighted by molar-refractivity contribution is 5.80. The smallest absolute Gasteiger partial charge is 0.323 e. The third kappa shape index (κ3) is 4.35. The van der Waals surface area contributed by atoms with Gasteiger partial charge in [0.05, 0.1) is 13.2 Å². The third-order valence-corrected chi connectivity index (χ3v) is 3.41. The van der Waals surface area contributed by atoms with Crippen molar-refractivity contribution in [3.05, 3.63) is 0 Å². The second-order valence-electron chi connectivity index (χ2n) is 6.00. The molecule has 7 heteroatoms. The topological polar surface area (TPSA) is 88.1 Å². The molecule has 0 radical (unpaired) electrons. The zero-order chi connectivity index (χ0) is 15.4. The summed E-state index contributed by atoms with van der Waals surface area (Å²) in [7, 11) is 1.58. The van der Waals surface area contributed by atoms with Crippen LogP contribution >= 0.6 is 0 Å². The molecule has 116 valence electrons. The van der Waals surface area contributed by atoms with Crippen molar-refractivity contribution in [1.29, 1.82) is 0 Å². The Bertz CT molecular complexity index is 358. The van der Waals surface area contributed by atoms with E-state index < -0.39 is 23.1 Å². The van der Waals surface area contributed by atoms with Gasteiger partial charge in [0.25, 0.3) is 0 Å².